The van der Waals surface area contributed by atoms with Gasteiger partial charge in [0.1, 0.15) is 11.5 Å². The van der Waals surface area contributed by atoms with Crippen molar-refractivity contribution in [1.29, 1.82) is 0 Å². The van der Waals surface area contributed by atoms with Gasteiger partial charge in [-0.2, -0.15) is 0 Å². The lowest BCUT2D eigenvalue weighted by Crippen LogP contribution is -2.42. The number of Topliss-reactive ketones (excluding diaryl/α,β-unsaturated/α-hetero) is 1. The number of rotatable bonds is 3. The molecule has 0 saturated heterocycles. The van der Waals surface area contributed by atoms with Gasteiger partial charge in [-0.05, 0) is 48.3 Å². The molecule has 3 nitrogen and oxygen atoms in total. The minimum Gasteiger partial charge on any atom is -0.426 e. The third kappa shape index (κ3) is 2.03. The highest BCUT2D eigenvalue weighted by Gasteiger charge is 2.73. The predicted octanol–water partition coefficient (Wildman–Crippen LogP) is 4.81. The molecule has 0 N–H and O–H groups in total. The summed E-state index contributed by atoms with van der Waals surface area (Å²) in [6.07, 6.45) is 1.83. The number of carbonyl (C=O) groups is 2. The summed E-state index contributed by atoms with van der Waals surface area (Å²) >= 11 is 0. The SMILES string of the molecule is Cc1ccc(C(C)C)c(OC(=O)C23CCC(C)(C(=O)C2)C3(C)C)c1. The molecule has 0 spiro atoms. The maximum atomic E-state index is 13.2. The smallest absolute Gasteiger partial charge is 0.318 e. The van der Waals surface area contributed by atoms with Gasteiger partial charge in [0.05, 0.1) is 5.41 Å². The Hall–Kier alpha value is -1.64. The Morgan fingerprint density at radius 2 is 1.83 bits per heavy atom. The van der Waals surface area contributed by atoms with Gasteiger partial charge < -0.3 is 4.74 Å². The highest BCUT2D eigenvalue weighted by Crippen LogP contribution is 2.70. The van der Waals surface area contributed by atoms with E-state index in [0.717, 1.165) is 24.0 Å². The van der Waals surface area contributed by atoms with Crippen LogP contribution in [0.1, 0.15) is 70.9 Å². The van der Waals surface area contributed by atoms with E-state index in [-0.39, 0.29) is 23.1 Å². The molecule has 2 fully saturated rings. The zero-order chi connectivity index (χ0) is 17.9. The molecule has 2 bridgehead atoms. The van der Waals surface area contributed by atoms with Crippen molar-refractivity contribution in [3.63, 3.8) is 0 Å². The molecule has 3 rings (SSSR count). The largest absolute Gasteiger partial charge is 0.426 e. The summed E-state index contributed by atoms with van der Waals surface area (Å²) in [6, 6.07) is 6.01. The summed E-state index contributed by atoms with van der Waals surface area (Å²) in [6.45, 7) is 12.3. The molecule has 1 aromatic carbocycles. The van der Waals surface area contributed by atoms with E-state index in [1.165, 1.54) is 0 Å². The van der Waals surface area contributed by atoms with Crippen molar-refractivity contribution in [2.45, 2.75) is 66.7 Å². The second-order valence-corrected chi connectivity index (χ2v) is 8.72. The maximum absolute atomic E-state index is 13.2. The monoisotopic (exact) mass is 328 g/mol. The van der Waals surface area contributed by atoms with Gasteiger partial charge in [0.25, 0.3) is 0 Å². The Morgan fingerprint density at radius 1 is 1.17 bits per heavy atom. The van der Waals surface area contributed by atoms with E-state index < -0.39 is 10.8 Å². The number of hydrogen-bond acceptors (Lipinski definition) is 3. The first-order valence-electron chi connectivity index (χ1n) is 8.91. The minimum atomic E-state index is -0.684. The van der Waals surface area contributed by atoms with Crippen molar-refractivity contribution in [1.82, 2.24) is 0 Å². The zero-order valence-corrected chi connectivity index (χ0v) is 15.7. The van der Waals surface area contributed by atoms with E-state index in [2.05, 4.69) is 27.7 Å². The first-order chi connectivity index (χ1) is 11.0. The molecule has 24 heavy (non-hydrogen) atoms. The van der Waals surface area contributed by atoms with Crippen molar-refractivity contribution >= 4 is 11.8 Å². The second kappa shape index (κ2) is 5.18. The molecule has 0 radical (unpaired) electrons. The number of ether oxygens (including phenoxy) is 1. The Bertz CT molecular complexity index is 716. The summed E-state index contributed by atoms with van der Waals surface area (Å²) in [5.41, 5.74) is 0.651. The predicted molar refractivity (Wildman–Crippen MR) is 94.1 cm³/mol. The quantitative estimate of drug-likeness (QED) is 0.591. The van der Waals surface area contributed by atoms with Crippen molar-refractivity contribution in [3.05, 3.63) is 29.3 Å². The van der Waals surface area contributed by atoms with Crippen molar-refractivity contribution in [2.24, 2.45) is 16.2 Å². The van der Waals surface area contributed by atoms with E-state index in [1.54, 1.807) is 0 Å². The van der Waals surface area contributed by atoms with Gasteiger partial charge >= 0.3 is 5.97 Å². The lowest BCUT2D eigenvalue weighted by Gasteiger charge is -2.38. The number of ketones is 1. The van der Waals surface area contributed by atoms with Crippen LogP contribution in [0.5, 0.6) is 5.75 Å². The molecular formula is C21H28O3. The van der Waals surface area contributed by atoms with Crippen LogP contribution in [0.3, 0.4) is 0 Å². The lowest BCUT2D eigenvalue weighted by molar-refractivity contribution is -0.151. The summed E-state index contributed by atoms with van der Waals surface area (Å²) in [4.78, 5) is 25.8. The molecular weight excluding hydrogens is 300 g/mol. The van der Waals surface area contributed by atoms with Crippen LogP contribution in [-0.2, 0) is 9.59 Å². The van der Waals surface area contributed by atoms with Crippen LogP contribution in [0.15, 0.2) is 18.2 Å². The van der Waals surface area contributed by atoms with E-state index in [4.69, 9.17) is 4.74 Å². The fourth-order valence-electron chi connectivity index (χ4n) is 4.72. The van der Waals surface area contributed by atoms with E-state index >= 15 is 0 Å². The number of benzene rings is 1. The third-order valence-corrected chi connectivity index (χ3v) is 7.09. The molecule has 0 aliphatic heterocycles. The lowest BCUT2D eigenvalue weighted by atomic mass is 9.65. The molecule has 0 amide bonds. The molecule has 2 aliphatic rings. The summed E-state index contributed by atoms with van der Waals surface area (Å²) < 4.78 is 5.93. The van der Waals surface area contributed by atoms with Gasteiger partial charge in [0.2, 0.25) is 0 Å². The maximum Gasteiger partial charge on any atom is 0.318 e. The number of fused-ring (bicyclic) bond motifs is 2. The normalized spacial score (nSPS) is 30.9. The minimum absolute atomic E-state index is 0.212. The molecule has 1 aromatic rings. The Labute approximate surface area is 144 Å². The average Bonchev–Trinajstić information content (AvgIpc) is 2.77. The third-order valence-electron chi connectivity index (χ3n) is 7.09. The van der Waals surface area contributed by atoms with Crippen LogP contribution >= 0.6 is 0 Å². The molecule has 3 heteroatoms. The average molecular weight is 328 g/mol. The number of carbonyl (C=O) groups excluding carboxylic acids is 2. The van der Waals surface area contributed by atoms with Crippen LogP contribution in [0.25, 0.3) is 0 Å². The molecule has 2 saturated carbocycles. The number of hydrogen-bond donors (Lipinski definition) is 0. The fraction of sp³-hybridized carbons (Fsp3) is 0.619. The first kappa shape index (κ1) is 17.2. The molecule has 2 atom stereocenters. The van der Waals surface area contributed by atoms with Gasteiger partial charge in [-0.15, -0.1) is 0 Å². The van der Waals surface area contributed by atoms with Crippen LogP contribution in [-0.4, -0.2) is 11.8 Å². The molecule has 2 unspecified atom stereocenters. The number of esters is 1. The van der Waals surface area contributed by atoms with Gasteiger partial charge in [-0.1, -0.05) is 46.8 Å². The summed E-state index contributed by atoms with van der Waals surface area (Å²) in [5, 5.41) is 0. The van der Waals surface area contributed by atoms with Gasteiger partial charge in [0.15, 0.2) is 0 Å². The van der Waals surface area contributed by atoms with Crippen molar-refractivity contribution in [3.8, 4) is 5.75 Å². The highest BCUT2D eigenvalue weighted by atomic mass is 16.5. The second-order valence-electron chi connectivity index (χ2n) is 8.72. The molecule has 130 valence electrons. The van der Waals surface area contributed by atoms with Gasteiger partial charge in [-0.3, -0.25) is 9.59 Å². The fourth-order valence-corrected chi connectivity index (χ4v) is 4.72. The standard InChI is InChI=1S/C21H28O3/c1-13(2)15-8-7-14(3)11-16(15)24-18(23)21-10-9-20(6,17(22)12-21)19(21,4)5/h7-8,11,13H,9-10,12H2,1-6H3. The van der Waals surface area contributed by atoms with Gasteiger partial charge in [-0.25, -0.2) is 0 Å². The van der Waals surface area contributed by atoms with E-state index in [9.17, 15) is 9.59 Å². The Morgan fingerprint density at radius 3 is 2.33 bits per heavy atom. The van der Waals surface area contributed by atoms with Gasteiger partial charge in [0, 0.05) is 11.8 Å². The Balaban J connectivity index is 1.97. The Kier molecular flexibility index (Phi) is 3.71. The topological polar surface area (TPSA) is 43.4 Å². The summed E-state index contributed by atoms with van der Waals surface area (Å²) in [7, 11) is 0. The summed E-state index contributed by atoms with van der Waals surface area (Å²) in [5.74, 6) is 0.907. The van der Waals surface area contributed by atoms with E-state index in [1.807, 2.05) is 32.0 Å². The molecule has 2 aliphatic carbocycles. The highest BCUT2D eigenvalue weighted by molar-refractivity contribution is 5.98. The zero-order valence-electron chi connectivity index (χ0n) is 15.7. The van der Waals surface area contributed by atoms with Crippen LogP contribution in [0, 0.1) is 23.2 Å². The van der Waals surface area contributed by atoms with Crippen molar-refractivity contribution in [2.75, 3.05) is 0 Å². The first-order valence-corrected chi connectivity index (χ1v) is 8.91. The molecule has 0 aromatic heterocycles. The van der Waals surface area contributed by atoms with Crippen molar-refractivity contribution < 1.29 is 14.3 Å². The van der Waals surface area contributed by atoms with E-state index in [0.29, 0.717) is 12.2 Å². The number of aryl methyl sites for hydroxylation is 1. The van der Waals surface area contributed by atoms with Crippen LogP contribution < -0.4 is 4.74 Å². The van der Waals surface area contributed by atoms with Crippen LogP contribution in [0.4, 0.5) is 0 Å². The molecule has 0 heterocycles. The van der Waals surface area contributed by atoms with Crippen LogP contribution in [0.2, 0.25) is 0 Å².